The molecule has 0 bridgehead atoms. The van der Waals surface area contributed by atoms with Crippen LogP contribution in [-0.2, 0) is 9.53 Å². The number of rotatable bonds is 11. The molecule has 1 amide bonds. The van der Waals surface area contributed by atoms with Crippen LogP contribution >= 0.6 is 0 Å². The van der Waals surface area contributed by atoms with Gasteiger partial charge in [-0.15, -0.1) is 0 Å². The molecule has 4 unspecified atom stereocenters. The molecule has 4 aliphatic rings. The first-order valence-electron chi connectivity index (χ1n) is 17.2. The number of carbonyl (C=O) groups is 1. The Labute approximate surface area is 248 Å². The summed E-state index contributed by atoms with van der Waals surface area (Å²) in [5.41, 5.74) is 2.36. The van der Waals surface area contributed by atoms with E-state index < -0.39 is 0 Å². The van der Waals surface area contributed by atoms with Crippen molar-refractivity contribution in [1.29, 1.82) is 0 Å². The fraction of sp³-hybridized carbons (Fsp3) is 0.919. The van der Waals surface area contributed by atoms with E-state index in [4.69, 9.17) is 4.74 Å². The van der Waals surface area contributed by atoms with E-state index in [1.165, 1.54) is 70.6 Å². The van der Waals surface area contributed by atoms with Crippen LogP contribution in [0.4, 0.5) is 0 Å². The van der Waals surface area contributed by atoms with Gasteiger partial charge in [0.1, 0.15) is 0 Å². The zero-order valence-electron chi connectivity index (χ0n) is 28.1. The molecule has 0 aromatic carbocycles. The number of carbonyl (C=O) groups excluding carboxylic acids is 1. The molecule has 3 heteroatoms. The second-order valence-corrected chi connectivity index (χ2v) is 17.0. The largest absolute Gasteiger partial charge is 0.375 e. The lowest BCUT2D eigenvalue weighted by Gasteiger charge is -2.59. The summed E-state index contributed by atoms with van der Waals surface area (Å²) in [6.45, 7) is 23.8. The molecule has 3 fully saturated rings. The van der Waals surface area contributed by atoms with Gasteiger partial charge in [-0.25, -0.2) is 0 Å². The molecule has 0 aliphatic heterocycles. The van der Waals surface area contributed by atoms with Crippen LogP contribution in [0, 0.1) is 52.3 Å². The van der Waals surface area contributed by atoms with Crippen molar-refractivity contribution in [1.82, 2.24) is 5.32 Å². The molecule has 40 heavy (non-hydrogen) atoms. The second kappa shape index (κ2) is 12.0. The monoisotopic (exact) mass is 556 g/mol. The number of fused-ring (bicyclic) bond motifs is 5. The number of allylic oxidation sites excluding steroid dienone is 2. The van der Waals surface area contributed by atoms with Gasteiger partial charge in [-0.3, -0.25) is 4.79 Å². The maximum absolute atomic E-state index is 11.6. The van der Waals surface area contributed by atoms with Crippen molar-refractivity contribution in [2.45, 2.75) is 157 Å². The van der Waals surface area contributed by atoms with E-state index in [1.54, 1.807) is 12.5 Å². The first kappa shape index (κ1) is 32.1. The molecule has 230 valence electrons. The zero-order chi connectivity index (χ0) is 29.5. The Bertz CT molecular complexity index is 917. The summed E-state index contributed by atoms with van der Waals surface area (Å²) >= 11 is 0. The van der Waals surface area contributed by atoms with Gasteiger partial charge in [0.2, 0.25) is 5.91 Å². The van der Waals surface area contributed by atoms with E-state index in [0.29, 0.717) is 23.4 Å². The van der Waals surface area contributed by atoms with Gasteiger partial charge in [-0.1, -0.05) is 65.5 Å². The van der Waals surface area contributed by atoms with E-state index in [9.17, 15) is 4.79 Å². The predicted molar refractivity (Wildman–Crippen MR) is 169 cm³/mol. The highest BCUT2D eigenvalue weighted by atomic mass is 16.5. The van der Waals surface area contributed by atoms with Gasteiger partial charge in [-0.2, -0.15) is 0 Å². The average molecular weight is 556 g/mol. The van der Waals surface area contributed by atoms with E-state index in [1.807, 2.05) is 0 Å². The van der Waals surface area contributed by atoms with Gasteiger partial charge in [0.15, 0.2) is 0 Å². The first-order chi connectivity index (χ1) is 18.6. The molecule has 0 heterocycles. The molecule has 4 aliphatic carbocycles. The molecule has 0 aromatic rings. The molecular weight excluding hydrogens is 490 g/mol. The van der Waals surface area contributed by atoms with Gasteiger partial charge in [-0.05, 0) is 138 Å². The van der Waals surface area contributed by atoms with Crippen LogP contribution in [0.1, 0.15) is 146 Å². The van der Waals surface area contributed by atoms with Crippen LogP contribution in [0.2, 0.25) is 0 Å². The quantitative estimate of drug-likeness (QED) is 0.258. The number of ether oxygens (including phenoxy) is 1. The summed E-state index contributed by atoms with van der Waals surface area (Å²) in [6, 6.07) is 0. The Balaban J connectivity index is 1.39. The molecule has 0 radical (unpaired) electrons. The van der Waals surface area contributed by atoms with Gasteiger partial charge >= 0.3 is 0 Å². The molecule has 4 rings (SSSR count). The van der Waals surface area contributed by atoms with Crippen LogP contribution in [0.15, 0.2) is 11.6 Å². The Kier molecular flexibility index (Phi) is 9.66. The predicted octanol–water partition coefficient (Wildman–Crippen LogP) is 9.74. The number of hydrogen-bond acceptors (Lipinski definition) is 2. The topological polar surface area (TPSA) is 38.3 Å². The highest BCUT2D eigenvalue weighted by Gasteiger charge is 2.59. The zero-order valence-corrected chi connectivity index (χ0v) is 28.1. The smallest absolute Gasteiger partial charge is 0.217 e. The maximum Gasteiger partial charge on any atom is 0.217 e. The number of hydrogen-bond donors (Lipinski definition) is 1. The minimum absolute atomic E-state index is 0.0330. The second-order valence-electron chi connectivity index (χ2n) is 17.0. The van der Waals surface area contributed by atoms with Crippen molar-refractivity contribution in [3.8, 4) is 0 Å². The van der Waals surface area contributed by atoms with Crippen molar-refractivity contribution in [3.05, 3.63) is 11.6 Å². The van der Waals surface area contributed by atoms with Crippen LogP contribution in [0.5, 0.6) is 0 Å². The molecule has 0 saturated heterocycles. The highest BCUT2D eigenvalue weighted by molar-refractivity contribution is 5.73. The van der Waals surface area contributed by atoms with Crippen LogP contribution < -0.4 is 5.32 Å². The summed E-state index contributed by atoms with van der Waals surface area (Å²) in [5, 5.41) is 3.07. The summed E-state index contributed by atoms with van der Waals surface area (Å²) in [6.07, 6.45) is 18.8. The van der Waals surface area contributed by atoms with E-state index in [0.717, 1.165) is 41.9 Å². The first-order valence-corrected chi connectivity index (χ1v) is 17.2. The van der Waals surface area contributed by atoms with Crippen molar-refractivity contribution >= 4 is 5.91 Å². The van der Waals surface area contributed by atoms with Gasteiger partial charge in [0.25, 0.3) is 0 Å². The Morgan fingerprint density at radius 1 is 1.02 bits per heavy atom. The van der Waals surface area contributed by atoms with Crippen LogP contribution in [0.3, 0.4) is 0 Å². The van der Waals surface area contributed by atoms with Gasteiger partial charge in [0, 0.05) is 19.1 Å². The maximum atomic E-state index is 11.6. The summed E-state index contributed by atoms with van der Waals surface area (Å²) in [4.78, 5) is 11.6. The summed E-state index contributed by atoms with van der Waals surface area (Å²) < 4.78 is 6.57. The lowest BCUT2D eigenvalue weighted by Crippen LogP contribution is -2.51. The lowest BCUT2D eigenvalue weighted by molar-refractivity contribution is -0.121. The minimum atomic E-state index is -0.228. The molecule has 3 saturated carbocycles. The average Bonchev–Trinajstić information content (AvgIpc) is 3.19. The normalized spacial score (nSPS) is 36.9. The molecule has 8 atom stereocenters. The number of amides is 1. The summed E-state index contributed by atoms with van der Waals surface area (Å²) in [5.74, 6) is 5.98. The molecule has 0 aromatic heterocycles. The fourth-order valence-electron chi connectivity index (χ4n) is 10.5. The molecule has 1 N–H and O–H groups in total. The molecular formula is C37H65NO2. The third-order valence-corrected chi connectivity index (χ3v) is 13.0. The van der Waals surface area contributed by atoms with Crippen molar-refractivity contribution in [2.75, 3.05) is 6.61 Å². The molecule has 3 nitrogen and oxygen atoms in total. The third-order valence-electron chi connectivity index (χ3n) is 13.0. The Morgan fingerprint density at radius 3 is 2.42 bits per heavy atom. The van der Waals surface area contributed by atoms with Crippen LogP contribution in [-0.4, -0.2) is 23.7 Å². The lowest BCUT2D eigenvalue weighted by atomic mass is 9.46. The van der Waals surface area contributed by atoms with E-state index >= 15 is 0 Å². The highest BCUT2D eigenvalue weighted by Crippen LogP contribution is 2.68. The summed E-state index contributed by atoms with van der Waals surface area (Å²) in [7, 11) is 0. The van der Waals surface area contributed by atoms with Crippen molar-refractivity contribution in [2.24, 2.45) is 52.3 Å². The number of nitrogens with one attached hydrogen (secondary N) is 1. The van der Waals surface area contributed by atoms with Gasteiger partial charge < -0.3 is 10.1 Å². The van der Waals surface area contributed by atoms with Crippen molar-refractivity contribution in [3.63, 3.8) is 0 Å². The van der Waals surface area contributed by atoms with Crippen LogP contribution in [0.25, 0.3) is 0 Å². The van der Waals surface area contributed by atoms with E-state index in [-0.39, 0.29) is 17.0 Å². The fourth-order valence-corrected chi connectivity index (χ4v) is 10.5. The van der Waals surface area contributed by atoms with Gasteiger partial charge in [0.05, 0.1) is 5.60 Å². The van der Waals surface area contributed by atoms with E-state index in [2.05, 4.69) is 73.7 Å². The third kappa shape index (κ3) is 6.55. The Hall–Kier alpha value is -0.830. The van der Waals surface area contributed by atoms with Crippen molar-refractivity contribution < 1.29 is 9.53 Å². The Morgan fingerprint density at radius 2 is 1.75 bits per heavy atom. The molecule has 0 spiro atoms. The SMILES string of the molecule is CC(=O)NC(C)(C)CCOC(C)(C)C1CC[C@@]2(C)C(=CCC3C2CC[C@@]2(C)C3CC[C@@H]2[C@H](C)CCCC(C)C)C1. The minimum Gasteiger partial charge on any atom is -0.375 e. The standard InChI is InChI=1S/C37H65NO2/c1-25(2)12-11-13-26(3)31-16-17-32-30-15-14-29-24-28(18-20-36(29,9)33(30)19-21-37(31,32)10)35(7,8)40-23-22-34(5,6)38-27(4)39/h14,25-26,28,30-33H,11-13,15-24H2,1-10H3,(H,38,39)/t26-,28?,30?,31-,32?,33?,36+,37-/m1/s1.